The number of rotatable bonds is 11. The van der Waals surface area contributed by atoms with Crippen LogP contribution in [0.15, 0.2) is 23.1 Å². The third-order valence-corrected chi connectivity index (χ3v) is 5.04. The number of carbonyl (C=O) groups is 1. The molecule has 0 saturated carbocycles. The van der Waals surface area contributed by atoms with Gasteiger partial charge in [-0.15, -0.1) is 0 Å². The van der Waals surface area contributed by atoms with Crippen molar-refractivity contribution in [2.75, 3.05) is 25.6 Å². The van der Waals surface area contributed by atoms with Gasteiger partial charge in [-0.1, -0.05) is 13.3 Å². The number of hydrogen-bond acceptors (Lipinski definition) is 5. The van der Waals surface area contributed by atoms with E-state index in [1.54, 1.807) is 14.0 Å². The SMILES string of the molecule is CCC[C@H](C)NS(=O)(=O)c1ccc(NCCCOC)c(C(=O)O)c1. The third-order valence-electron chi connectivity index (χ3n) is 3.45. The molecular weight excluding hydrogens is 332 g/mol. The van der Waals surface area contributed by atoms with E-state index in [1.807, 2.05) is 6.92 Å². The van der Waals surface area contributed by atoms with Gasteiger partial charge in [-0.3, -0.25) is 0 Å². The lowest BCUT2D eigenvalue weighted by atomic mass is 10.2. The molecule has 1 aromatic rings. The number of carboxylic acids is 1. The van der Waals surface area contributed by atoms with E-state index >= 15 is 0 Å². The van der Waals surface area contributed by atoms with E-state index < -0.39 is 16.0 Å². The molecule has 136 valence electrons. The van der Waals surface area contributed by atoms with Crippen molar-refractivity contribution in [1.82, 2.24) is 4.72 Å². The number of sulfonamides is 1. The highest BCUT2D eigenvalue weighted by Crippen LogP contribution is 2.21. The van der Waals surface area contributed by atoms with Gasteiger partial charge in [0, 0.05) is 32.0 Å². The molecule has 1 aromatic carbocycles. The van der Waals surface area contributed by atoms with Crippen molar-refractivity contribution >= 4 is 21.7 Å². The third kappa shape index (κ3) is 6.10. The first-order valence-corrected chi connectivity index (χ1v) is 9.42. The maximum Gasteiger partial charge on any atom is 0.337 e. The lowest BCUT2D eigenvalue weighted by molar-refractivity contribution is 0.0697. The highest BCUT2D eigenvalue weighted by Gasteiger charge is 2.20. The molecule has 0 heterocycles. The number of methoxy groups -OCH3 is 1. The Labute approximate surface area is 143 Å². The second-order valence-electron chi connectivity index (χ2n) is 5.60. The van der Waals surface area contributed by atoms with Gasteiger partial charge in [-0.05, 0) is 38.0 Å². The van der Waals surface area contributed by atoms with Crippen molar-refractivity contribution in [3.05, 3.63) is 23.8 Å². The molecule has 0 amide bonds. The van der Waals surface area contributed by atoms with Crippen LogP contribution in [-0.4, -0.2) is 45.8 Å². The molecule has 0 aliphatic rings. The number of carboxylic acid groups (broad SMARTS) is 1. The van der Waals surface area contributed by atoms with Crippen LogP contribution in [0.5, 0.6) is 0 Å². The van der Waals surface area contributed by atoms with Crippen molar-refractivity contribution in [1.29, 1.82) is 0 Å². The minimum Gasteiger partial charge on any atom is -0.478 e. The highest BCUT2D eigenvalue weighted by molar-refractivity contribution is 7.89. The summed E-state index contributed by atoms with van der Waals surface area (Å²) >= 11 is 0. The minimum atomic E-state index is -3.74. The monoisotopic (exact) mass is 358 g/mol. The zero-order chi connectivity index (χ0) is 18.2. The predicted octanol–water partition coefficient (Wildman–Crippen LogP) is 2.30. The largest absolute Gasteiger partial charge is 0.478 e. The molecule has 0 aromatic heterocycles. The van der Waals surface area contributed by atoms with Crippen LogP contribution in [0.1, 0.15) is 43.5 Å². The van der Waals surface area contributed by atoms with Crippen LogP contribution in [0.25, 0.3) is 0 Å². The summed E-state index contributed by atoms with van der Waals surface area (Å²) in [5.74, 6) is -1.18. The predicted molar refractivity (Wildman–Crippen MR) is 93.1 cm³/mol. The quantitative estimate of drug-likeness (QED) is 0.524. The van der Waals surface area contributed by atoms with Gasteiger partial charge in [0.05, 0.1) is 10.5 Å². The fraction of sp³-hybridized carbons (Fsp3) is 0.562. The summed E-state index contributed by atoms with van der Waals surface area (Å²) in [4.78, 5) is 11.4. The summed E-state index contributed by atoms with van der Waals surface area (Å²) in [5, 5.41) is 12.3. The average molecular weight is 358 g/mol. The fourth-order valence-corrected chi connectivity index (χ4v) is 3.59. The fourth-order valence-electron chi connectivity index (χ4n) is 2.29. The summed E-state index contributed by atoms with van der Waals surface area (Å²) in [6, 6.07) is 3.86. The zero-order valence-electron chi connectivity index (χ0n) is 14.3. The molecule has 1 atom stereocenters. The van der Waals surface area contributed by atoms with E-state index in [2.05, 4.69) is 10.0 Å². The van der Waals surface area contributed by atoms with Crippen molar-refractivity contribution in [2.45, 2.75) is 44.0 Å². The van der Waals surface area contributed by atoms with E-state index in [1.165, 1.54) is 18.2 Å². The molecule has 1 rings (SSSR count). The van der Waals surface area contributed by atoms with Crippen molar-refractivity contribution in [3.8, 4) is 0 Å². The normalized spacial score (nSPS) is 12.8. The minimum absolute atomic E-state index is 0.0507. The van der Waals surface area contributed by atoms with E-state index in [0.29, 0.717) is 31.7 Å². The van der Waals surface area contributed by atoms with Crippen LogP contribution < -0.4 is 10.0 Å². The van der Waals surface area contributed by atoms with Gasteiger partial charge in [0.1, 0.15) is 0 Å². The first-order valence-electron chi connectivity index (χ1n) is 7.94. The Bertz CT molecular complexity index is 646. The maximum absolute atomic E-state index is 12.4. The second-order valence-corrected chi connectivity index (χ2v) is 7.31. The van der Waals surface area contributed by atoms with Crippen LogP contribution in [-0.2, 0) is 14.8 Å². The molecule has 0 unspecified atom stereocenters. The van der Waals surface area contributed by atoms with E-state index in [0.717, 1.165) is 6.42 Å². The molecule has 3 N–H and O–H groups in total. The zero-order valence-corrected chi connectivity index (χ0v) is 15.1. The molecule has 0 fully saturated rings. The smallest absolute Gasteiger partial charge is 0.337 e. The van der Waals surface area contributed by atoms with Gasteiger partial charge in [0.25, 0.3) is 0 Å². The maximum atomic E-state index is 12.4. The van der Waals surface area contributed by atoms with Crippen LogP contribution >= 0.6 is 0 Å². The van der Waals surface area contributed by atoms with Gasteiger partial charge >= 0.3 is 5.97 Å². The summed E-state index contributed by atoms with van der Waals surface area (Å²) in [6.45, 7) is 4.84. The Morgan fingerprint density at radius 1 is 1.38 bits per heavy atom. The Balaban J connectivity index is 2.98. The molecule has 0 aliphatic carbocycles. The number of benzene rings is 1. The summed E-state index contributed by atoms with van der Waals surface area (Å²) in [7, 11) is -2.15. The number of aromatic carboxylic acids is 1. The number of hydrogen-bond donors (Lipinski definition) is 3. The highest BCUT2D eigenvalue weighted by atomic mass is 32.2. The first kappa shape index (κ1) is 20.4. The topological polar surface area (TPSA) is 105 Å². The number of anilines is 1. The Hall–Kier alpha value is -1.64. The van der Waals surface area contributed by atoms with Crippen molar-refractivity contribution in [3.63, 3.8) is 0 Å². The van der Waals surface area contributed by atoms with Crippen molar-refractivity contribution in [2.24, 2.45) is 0 Å². The molecule has 0 aliphatic heterocycles. The van der Waals surface area contributed by atoms with Gasteiger partial charge in [0.2, 0.25) is 10.0 Å². The van der Waals surface area contributed by atoms with E-state index in [9.17, 15) is 18.3 Å². The van der Waals surface area contributed by atoms with E-state index in [4.69, 9.17) is 4.74 Å². The Morgan fingerprint density at radius 2 is 2.08 bits per heavy atom. The first-order chi connectivity index (χ1) is 11.3. The molecule has 0 spiro atoms. The van der Waals surface area contributed by atoms with E-state index in [-0.39, 0.29) is 16.5 Å². The second kappa shape index (κ2) is 9.61. The van der Waals surface area contributed by atoms with Crippen LogP contribution in [0.3, 0.4) is 0 Å². The molecule has 0 bridgehead atoms. The number of nitrogens with one attached hydrogen (secondary N) is 2. The summed E-state index contributed by atoms with van der Waals surface area (Å²) < 4.78 is 32.2. The average Bonchev–Trinajstić information content (AvgIpc) is 2.51. The van der Waals surface area contributed by atoms with Crippen LogP contribution in [0.2, 0.25) is 0 Å². The van der Waals surface area contributed by atoms with Crippen LogP contribution in [0, 0.1) is 0 Å². The van der Waals surface area contributed by atoms with Crippen molar-refractivity contribution < 1.29 is 23.1 Å². The lowest BCUT2D eigenvalue weighted by Gasteiger charge is -2.15. The molecule has 24 heavy (non-hydrogen) atoms. The molecule has 0 saturated heterocycles. The summed E-state index contributed by atoms with van der Waals surface area (Å²) in [6.07, 6.45) is 2.28. The van der Waals surface area contributed by atoms with Gasteiger partial charge in [0.15, 0.2) is 0 Å². The van der Waals surface area contributed by atoms with Gasteiger partial charge in [-0.25, -0.2) is 17.9 Å². The standard InChI is InChI=1S/C16H26N2O5S/c1-4-6-12(2)18-24(21,22)13-7-8-15(14(11-13)16(19)20)17-9-5-10-23-3/h7-8,11-12,17-18H,4-6,9-10H2,1-3H3,(H,19,20)/t12-/m0/s1. The van der Waals surface area contributed by atoms with Gasteiger partial charge in [-0.2, -0.15) is 0 Å². The number of ether oxygens (including phenoxy) is 1. The lowest BCUT2D eigenvalue weighted by Crippen LogP contribution is -2.32. The molecule has 0 radical (unpaired) electrons. The Morgan fingerprint density at radius 3 is 2.67 bits per heavy atom. The van der Waals surface area contributed by atoms with Gasteiger partial charge < -0.3 is 15.2 Å². The Kier molecular flexibility index (Phi) is 8.17. The summed E-state index contributed by atoms with van der Waals surface area (Å²) in [5.41, 5.74) is 0.317. The molecule has 8 heteroatoms. The molecule has 7 nitrogen and oxygen atoms in total. The van der Waals surface area contributed by atoms with Crippen LogP contribution in [0.4, 0.5) is 5.69 Å². The molecular formula is C16H26N2O5S.